The van der Waals surface area contributed by atoms with Crippen LogP contribution in [0.5, 0.6) is 0 Å². The van der Waals surface area contributed by atoms with Gasteiger partial charge >= 0.3 is 5.97 Å². The average Bonchev–Trinajstić information content (AvgIpc) is 1.77. The summed E-state index contributed by atoms with van der Waals surface area (Å²) in [7, 11) is 5.87. The van der Waals surface area contributed by atoms with E-state index in [0.29, 0.717) is 11.0 Å². The van der Waals surface area contributed by atoms with Crippen LogP contribution in [0.2, 0.25) is 0 Å². The highest BCUT2D eigenvalue weighted by molar-refractivity contribution is 5.74. The summed E-state index contributed by atoms with van der Waals surface area (Å²) < 4.78 is 0.623. The van der Waals surface area contributed by atoms with Crippen molar-refractivity contribution < 1.29 is 19.2 Å². The van der Waals surface area contributed by atoms with Crippen molar-refractivity contribution in [2.45, 2.75) is 19.4 Å². The molecule has 0 rings (SSSR count). The summed E-state index contributed by atoms with van der Waals surface area (Å²) >= 11 is 0. The van der Waals surface area contributed by atoms with E-state index < -0.39 is 5.97 Å². The molecule has 0 aromatic rings. The number of carboxylic acids is 1. The first-order valence-corrected chi connectivity index (χ1v) is 4.50. The Labute approximate surface area is 84.3 Å². The first-order valence-electron chi connectivity index (χ1n) is 4.50. The number of quaternary nitrogens is 1. The third kappa shape index (κ3) is 7.54. The normalized spacial score (nSPS) is 13.4. The van der Waals surface area contributed by atoms with Gasteiger partial charge in [0.2, 0.25) is 5.91 Å². The molecule has 5 heteroatoms. The number of nitrogens with zero attached hydrogens (tertiary/aromatic N) is 1. The van der Waals surface area contributed by atoms with Crippen molar-refractivity contribution in [1.29, 1.82) is 0 Å². The molecule has 0 unspecified atom stereocenters. The molecular formula is C9H19N2O3+. The van der Waals surface area contributed by atoms with Crippen LogP contribution in [-0.2, 0) is 9.59 Å². The Morgan fingerprint density at radius 2 is 1.86 bits per heavy atom. The molecule has 1 amide bonds. The predicted molar refractivity (Wildman–Crippen MR) is 52.8 cm³/mol. The fourth-order valence-electron chi connectivity index (χ4n) is 1.32. The van der Waals surface area contributed by atoms with Crippen molar-refractivity contribution in [3.05, 3.63) is 0 Å². The van der Waals surface area contributed by atoms with Gasteiger partial charge in [0.25, 0.3) is 0 Å². The van der Waals surface area contributed by atoms with Crippen molar-refractivity contribution in [3.63, 3.8) is 0 Å². The number of hydrogen-bond donors (Lipinski definition) is 2. The van der Waals surface area contributed by atoms with Gasteiger partial charge < -0.3 is 14.9 Å². The number of rotatable bonds is 5. The Kier molecular flexibility index (Phi) is 4.56. The van der Waals surface area contributed by atoms with Gasteiger partial charge in [0.1, 0.15) is 0 Å². The van der Waals surface area contributed by atoms with Crippen molar-refractivity contribution >= 4 is 11.9 Å². The number of hydrogen-bond acceptors (Lipinski definition) is 2. The fourth-order valence-corrected chi connectivity index (χ4v) is 1.32. The van der Waals surface area contributed by atoms with E-state index >= 15 is 0 Å². The molecule has 2 N–H and O–H groups in total. The van der Waals surface area contributed by atoms with Crippen molar-refractivity contribution in [2.75, 3.05) is 27.7 Å². The second kappa shape index (κ2) is 4.95. The molecule has 0 radical (unpaired) electrons. The molecule has 5 nitrogen and oxygen atoms in total. The molecule has 0 fully saturated rings. The third-order valence-corrected chi connectivity index (χ3v) is 1.60. The number of nitrogens with one attached hydrogen (secondary N) is 1. The molecule has 1 atom stereocenters. The zero-order valence-electron chi connectivity index (χ0n) is 9.20. The van der Waals surface area contributed by atoms with Gasteiger partial charge in [0.05, 0.1) is 40.2 Å². The molecule has 0 spiro atoms. The lowest BCUT2D eigenvalue weighted by molar-refractivity contribution is -0.871. The zero-order valence-corrected chi connectivity index (χ0v) is 9.20. The Morgan fingerprint density at radius 1 is 1.36 bits per heavy atom. The molecule has 0 aliphatic carbocycles. The van der Waals surface area contributed by atoms with Gasteiger partial charge in [-0.25, -0.2) is 0 Å². The quantitative estimate of drug-likeness (QED) is 0.601. The van der Waals surface area contributed by atoms with Crippen LogP contribution in [0.15, 0.2) is 0 Å². The molecular weight excluding hydrogens is 184 g/mol. The molecule has 0 aromatic heterocycles. The van der Waals surface area contributed by atoms with Crippen LogP contribution < -0.4 is 5.32 Å². The van der Waals surface area contributed by atoms with E-state index in [0.717, 1.165) is 0 Å². The Balaban J connectivity index is 4.24. The lowest BCUT2D eigenvalue weighted by Gasteiger charge is -2.28. The highest BCUT2D eigenvalue weighted by Gasteiger charge is 2.21. The lowest BCUT2D eigenvalue weighted by Crippen LogP contribution is -2.49. The molecule has 0 bridgehead atoms. The maximum absolute atomic E-state index is 10.8. The summed E-state index contributed by atoms with van der Waals surface area (Å²) in [4.78, 5) is 21.3. The Bertz CT molecular complexity index is 205. The van der Waals surface area contributed by atoms with Crippen molar-refractivity contribution in [1.82, 2.24) is 5.32 Å². The van der Waals surface area contributed by atoms with E-state index in [4.69, 9.17) is 5.11 Å². The summed E-state index contributed by atoms with van der Waals surface area (Å²) in [5.41, 5.74) is 0. The van der Waals surface area contributed by atoms with E-state index in [9.17, 15) is 9.59 Å². The number of likely N-dealkylation sites (N-methyl/N-ethyl adjacent to an activating group) is 1. The minimum Gasteiger partial charge on any atom is -0.481 e. The lowest BCUT2D eigenvalue weighted by atomic mass is 10.2. The highest BCUT2D eigenvalue weighted by atomic mass is 16.4. The number of aliphatic carboxylic acids is 1. The summed E-state index contributed by atoms with van der Waals surface area (Å²) in [6.45, 7) is 2.00. The number of carbonyl (C=O) groups is 2. The molecule has 0 aliphatic heterocycles. The number of amides is 1. The largest absolute Gasteiger partial charge is 0.481 e. The smallest absolute Gasteiger partial charge is 0.305 e. The van der Waals surface area contributed by atoms with Crippen LogP contribution in [0, 0.1) is 0 Å². The van der Waals surface area contributed by atoms with Crippen LogP contribution >= 0.6 is 0 Å². The first kappa shape index (κ1) is 12.9. The zero-order chi connectivity index (χ0) is 11.4. The van der Waals surface area contributed by atoms with E-state index in [1.54, 1.807) is 0 Å². The van der Waals surface area contributed by atoms with E-state index in [1.165, 1.54) is 6.92 Å². The topological polar surface area (TPSA) is 66.4 Å². The van der Waals surface area contributed by atoms with Gasteiger partial charge in [-0.15, -0.1) is 0 Å². The maximum atomic E-state index is 10.8. The van der Waals surface area contributed by atoms with E-state index in [1.807, 2.05) is 21.1 Å². The first-order chi connectivity index (χ1) is 6.20. The summed E-state index contributed by atoms with van der Waals surface area (Å²) in [6, 6.07) is -0.301. The Hall–Kier alpha value is -1.10. The standard InChI is InChI=1S/C9H18N2O3/c1-7(12)10-8(5-9(13)14)6-11(2,3)4/h8H,5-6H2,1-4H3,(H-,10,12,13,14)/p+1/t8-/m1/s1. The second-order valence-corrected chi connectivity index (χ2v) is 4.47. The molecule has 0 aromatic carbocycles. The predicted octanol–water partition coefficient (Wildman–Crippen LogP) is -0.328. The van der Waals surface area contributed by atoms with Gasteiger partial charge in [0.15, 0.2) is 0 Å². The monoisotopic (exact) mass is 203 g/mol. The van der Waals surface area contributed by atoms with Crippen LogP contribution in [-0.4, -0.2) is 55.2 Å². The average molecular weight is 203 g/mol. The molecule has 0 saturated heterocycles. The molecule has 0 aliphatic rings. The summed E-state index contributed by atoms with van der Waals surface area (Å²) in [5, 5.41) is 11.3. The highest BCUT2D eigenvalue weighted by Crippen LogP contribution is 1.99. The van der Waals surface area contributed by atoms with Crippen LogP contribution in [0.1, 0.15) is 13.3 Å². The molecule has 82 valence electrons. The van der Waals surface area contributed by atoms with Crippen molar-refractivity contribution in [2.24, 2.45) is 0 Å². The second-order valence-electron chi connectivity index (χ2n) is 4.47. The van der Waals surface area contributed by atoms with Gasteiger partial charge in [-0.2, -0.15) is 0 Å². The minimum absolute atomic E-state index is 0.0326. The van der Waals surface area contributed by atoms with Gasteiger partial charge in [-0.05, 0) is 0 Å². The number of carbonyl (C=O) groups excluding carboxylic acids is 1. The van der Waals surface area contributed by atoms with Crippen molar-refractivity contribution in [3.8, 4) is 0 Å². The maximum Gasteiger partial charge on any atom is 0.305 e. The van der Waals surface area contributed by atoms with E-state index in [-0.39, 0.29) is 18.4 Å². The summed E-state index contributed by atoms with van der Waals surface area (Å²) in [5.74, 6) is -1.08. The SMILES string of the molecule is CC(=O)N[C@H](CC(=O)O)C[N+](C)(C)C. The summed E-state index contributed by atoms with van der Waals surface area (Å²) in [6.07, 6.45) is -0.0326. The van der Waals surface area contributed by atoms with Gasteiger partial charge in [-0.1, -0.05) is 0 Å². The van der Waals surface area contributed by atoms with Gasteiger partial charge in [0, 0.05) is 6.92 Å². The van der Waals surface area contributed by atoms with Crippen LogP contribution in [0.25, 0.3) is 0 Å². The number of carboxylic acid groups (broad SMARTS) is 1. The minimum atomic E-state index is -0.891. The van der Waals surface area contributed by atoms with Crippen LogP contribution in [0.3, 0.4) is 0 Å². The fraction of sp³-hybridized carbons (Fsp3) is 0.778. The third-order valence-electron chi connectivity index (χ3n) is 1.60. The Morgan fingerprint density at radius 3 is 2.14 bits per heavy atom. The molecule has 0 heterocycles. The van der Waals surface area contributed by atoms with E-state index in [2.05, 4.69) is 5.32 Å². The molecule has 0 saturated carbocycles. The molecule has 14 heavy (non-hydrogen) atoms. The van der Waals surface area contributed by atoms with Gasteiger partial charge in [-0.3, -0.25) is 9.59 Å². The van der Waals surface area contributed by atoms with Crippen LogP contribution in [0.4, 0.5) is 0 Å².